The number of quaternary nitrogens is 1. The van der Waals surface area contributed by atoms with Crippen molar-refractivity contribution in [3.05, 3.63) is 0 Å². The molecule has 1 unspecified atom stereocenters. The highest BCUT2D eigenvalue weighted by Crippen LogP contribution is 2.18. The van der Waals surface area contributed by atoms with Crippen molar-refractivity contribution in [1.29, 1.82) is 0 Å². The third-order valence-corrected chi connectivity index (χ3v) is 2.84. The lowest BCUT2D eigenvalue weighted by molar-refractivity contribution is -0.873. The lowest BCUT2D eigenvalue weighted by atomic mass is 9.88. The second-order valence-electron chi connectivity index (χ2n) is 7.36. The maximum absolute atomic E-state index is 11.8. The van der Waals surface area contributed by atoms with E-state index in [4.69, 9.17) is 9.84 Å². The summed E-state index contributed by atoms with van der Waals surface area (Å²) in [5, 5.41) is 8.87. The second kappa shape index (κ2) is 7.54. The lowest BCUT2D eigenvalue weighted by Crippen LogP contribution is -2.43. The zero-order valence-electron chi connectivity index (χ0n) is 13.9. The van der Waals surface area contributed by atoms with Crippen LogP contribution in [0.25, 0.3) is 0 Å². The topological polar surface area (TPSA) is 80.7 Å². The maximum Gasteiger partial charge on any atom is 0.307 e. The molecule has 6 heteroatoms. The van der Waals surface area contributed by atoms with Crippen LogP contribution in [0.5, 0.6) is 0 Å². The summed E-state index contributed by atoms with van der Waals surface area (Å²) in [5.74, 6) is -1.54. The molecule has 0 aromatic carbocycles. The Balaban J connectivity index is 4.47. The predicted octanol–water partition coefficient (Wildman–Crippen LogP) is 1.47. The summed E-state index contributed by atoms with van der Waals surface area (Å²) in [4.78, 5) is 34.4. The van der Waals surface area contributed by atoms with Crippen LogP contribution in [-0.4, -0.2) is 61.1 Å². The Hall–Kier alpha value is -1.43. The molecule has 0 radical (unpaired) electrons. The molecular weight excluding hydrogens is 274 g/mol. The van der Waals surface area contributed by atoms with Crippen molar-refractivity contribution in [3.63, 3.8) is 0 Å². The van der Waals surface area contributed by atoms with Crippen molar-refractivity contribution in [3.8, 4) is 0 Å². The first-order valence-corrected chi connectivity index (χ1v) is 7.06. The van der Waals surface area contributed by atoms with Gasteiger partial charge in [0.15, 0.2) is 6.10 Å². The number of Topliss-reactive ketones (excluding diaryl/α,β-unsaturated/α-hetero) is 1. The molecule has 1 atom stereocenters. The van der Waals surface area contributed by atoms with Crippen molar-refractivity contribution in [2.45, 2.75) is 46.1 Å². The fourth-order valence-electron chi connectivity index (χ4n) is 1.78. The molecule has 0 amide bonds. The van der Waals surface area contributed by atoms with Crippen LogP contribution < -0.4 is 0 Å². The van der Waals surface area contributed by atoms with Gasteiger partial charge in [-0.25, -0.2) is 0 Å². The average molecular weight is 302 g/mol. The summed E-state index contributed by atoms with van der Waals surface area (Å²) in [6.45, 7) is 5.80. The van der Waals surface area contributed by atoms with E-state index in [1.807, 2.05) is 21.1 Å². The monoisotopic (exact) mass is 302 g/mol. The third kappa shape index (κ3) is 10.0. The highest BCUT2D eigenvalue weighted by atomic mass is 16.5. The number of hydrogen-bond donors (Lipinski definition) is 1. The SMILES string of the molecule is CC(C)(C)C(=O)CCC(=O)OC(CC(=O)O)C[N+](C)(C)C. The van der Waals surface area contributed by atoms with E-state index in [1.165, 1.54) is 0 Å². The number of carboxylic acid groups (broad SMARTS) is 1. The Morgan fingerprint density at radius 1 is 1.10 bits per heavy atom. The molecule has 0 aliphatic carbocycles. The van der Waals surface area contributed by atoms with Gasteiger partial charge in [0.1, 0.15) is 12.3 Å². The largest absolute Gasteiger partial charge is 0.481 e. The summed E-state index contributed by atoms with van der Waals surface area (Å²) < 4.78 is 5.71. The highest BCUT2D eigenvalue weighted by Gasteiger charge is 2.26. The number of ether oxygens (including phenoxy) is 1. The first kappa shape index (κ1) is 19.6. The molecule has 6 nitrogen and oxygen atoms in total. The number of esters is 1. The summed E-state index contributed by atoms with van der Waals surface area (Å²) in [6.07, 6.45) is -0.801. The average Bonchev–Trinajstić information content (AvgIpc) is 2.20. The van der Waals surface area contributed by atoms with E-state index in [0.29, 0.717) is 11.0 Å². The molecule has 1 N–H and O–H groups in total. The van der Waals surface area contributed by atoms with Gasteiger partial charge in [-0.2, -0.15) is 0 Å². The fourth-order valence-corrected chi connectivity index (χ4v) is 1.78. The van der Waals surface area contributed by atoms with Gasteiger partial charge in [-0.1, -0.05) is 20.8 Å². The van der Waals surface area contributed by atoms with Crippen LogP contribution in [0.3, 0.4) is 0 Å². The van der Waals surface area contributed by atoms with Crippen molar-refractivity contribution >= 4 is 17.7 Å². The molecule has 0 saturated heterocycles. The van der Waals surface area contributed by atoms with Gasteiger partial charge in [0, 0.05) is 11.8 Å². The second-order valence-corrected chi connectivity index (χ2v) is 7.36. The minimum absolute atomic E-state index is 0.0106. The molecule has 122 valence electrons. The fraction of sp³-hybridized carbons (Fsp3) is 0.800. The number of likely N-dealkylation sites (N-methyl/N-ethyl adjacent to an activating group) is 1. The molecule has 0 aliphatic rings. The van der Waals surface area contributed by atoms with Gasteiger partial charge < -0.3 is 14.3 Å². The molecule has 0 aliphatic heterocycles. The molecule has 0 rings (SSSR count). The molecule has 0 saturated carbocycles. The van der Waals surface area contributed by atoms with E-state index in [9.17, 15) is 14.4 Å². The van der Waals surface area contributed by atoms with E-state index in [2.05, 4.69) is 0 Å². The zero-order chi connectivity index (χ0) is 16.8. The van der Waals surface area contributed by atoms with Crippen LogP contribution >= 0.6 is 0 Å². The maximum atomic E-state index is 11.8. The third-order valence-electron chi connectivity index (χ3n) is 2.84. The Morgan fingerprint density at radius 3 is 2.00 bits per heavy atom. The molecular formula is C15H28NO5+. The van der Waals surface area contributed by atoms with Crippen molar-refractivity contribution in [2.24, 2.45) is 5.41 Å². The first-order chi connectivity index (χ1) is 9.31. The van der Waals surface area contributed by atoms with E-state index < -0.39 is 23.5 Å². The van der Waals surface area contributed by atoms with E-state index in [0.717, 1.165) is 0 Å². The van der Waals surface area contributed by atoms with E-state index >= 15 is 0 Å². The Kier molecular flexibility index (Phi) is 7.03. The van der Waals surface area contributed by atoms with Gasteiger partial charge in [0.2, 0.25) is 0 Å². The van der Waals surface area contributed by atoms with Crippen molar-refractivity contribution in [2.75, 3.05) is 27.7 Å². The summed E-state index contributed by atoms with van der Waals surface area (Å²) >= 11 is 0. The van der Waals surface area contributed by atoms with Crippen molar-refractivity contribution in [1.82, 2.24) is 0 Å². The van der Waals surface area contributed by atoms with Crippen LogP contribution in [0.2, 0.25) is 0 Å². The highest BCUT2D eigenvalue weighted by molar-refractivity contribution is 5.86. The standard InChI is InChI=1S/C15H27NO5/c1-15(2,3)12(17)7-8-14(20)21-11(9-13(18)19)10-16(4,5)6/h11H,7-10H2,1-6H3/p+1. The zero-order valence-corrected chi connectivity index (χ0v) is 13.9. The molecule has 0 spiro atoms. The number of carbonyl (C=O) groups is 3. The van der Waals surface area contributed by atoms with Gasteiger partial charge in [-0.15, -0.1) is 0 Å². The molecule has 0 heterocycles. The summed E-state index contributed by atoms with van der Waals surface area (Å²) in [6, 6.07) is 0. The van der Waals surface area contributed by atoms with Crippen LogP contribution in [0.15, 0.2) is 0 Å². The Labute approximate surface area is 126 Å². The number of aliphatic carboxylic acids is 1. The quantitative estimate of drug-likeness (QED) is 0.542. The van der Waals surface area contributed by atoms with Gasteiger partial charge in [0.05, 0.1) is 34.0 Å². The van der Waals surface area contributed by atoms with Crippen LogP contribution in [0.4, 0.5) is 0 Å². The minimum atomic E-state index is -1.01. The van der Waals surface area contributed by atoms with Crippen LogP contribution in [-0.2, 0) is 19.1 Å². The first-order valence-electron chi connectivity index (χ1n) is 7.06. The van der Waals surface area contributed by atoms with Gasteiger partial charge in [0.25, 0.3) is 0 Å². The number of ketones is 1. The number of carbonyl (C=O) groups excluding carboxylic acids is 2. The van der Waals surface area contributed by atoms with E-state index in [-0.39, 0.29) is 25.0 Å². The van der Waals surface area contributed by atoms with Crippen LogP contribution in [0, 0.1) is 5.41 Å². The smallest absolute Gasteiger partial charge is 0.307 e. The molecule has 0 aromatic heterocycles. The minimum Gasteiger partial charge on any atom is -0.481 e. The molecule has 0 fully saturated rings. The molecule has 0 bridgehead atoms. The normalized spacial score (nSPS) is 13.6. The number of rotatable bonds is 8. The summed E-state index contributed by atoms with van der Waals surface area (Å²) in [7, 11) is 5.68. The molecule has 21 heavy (non-hydrogen) atoms. The van der Waals surface area contributed by atoms with Gasteiger partial charge >= 0.3 is 11.9 Å². The number of hydrogen-bond acceptors (Lipinski definition) is 4. The number of nitrogens with zero attached hydrogens (tertiary/aromatic N) is 1. The molecule has 0 aromatic rings. The van der Waals surface area contributed by atoms with Crippen LogP contribution in [0.1, 0.15) is 40.0 Å². The van der Waals surface area contributed by atoms with Gasteiger partial charge in [-0.05, 0) is 0 Å². The lowest BCUT2D eigenvalue weighted by Gasteiger charge is -2.28. The van der Waals surface area contributed by atoms with Crippen molar-refractivity contribution < 1.29 is 28.7 Å². The Bertz CT molecular complexity index is 390. The van der Waals surface area contributed by atoms with Gasteiger partial charge in [-0.3, -0.25) is 14.4 Å². The van der Waals surface area contributed by atoms with E-state index in [1.54, 1.807) is 20.8 Å². The Morgan fingerprint density at radius 2 is 1.62 bits per heavy atom. The predicted molar refractivity (Wildman–Crippen MR) is 78.7 cm³/mol. The number of carboxylic acids is 1. The summed E-state index contributed by atoms with van der Waals surface area (Å²) in [5.41, 5.74) is -0.483.